The van der Waals surface area contributed by atoms with E-state index in [4.69, 9.17) is 16.3 Å². The van der Waals surface area contributed by atoms with E-state index in [2.05, 4.69) is 14.9 Å². The first-order chi connectivity index (χ1) is 17.7. The summed E-state index contributed by atoms with van der Waals surface area (Å²) >= 11 is 6.13. The number of halogens is 1. The molecule has 1 fully saturated rings. The van der Waals surface area contributed by atoms with Crippen LogP contribution in [0, 0.1) is 18.3 Å². The standard InChI is InChI=1S/C25H20ClN5O5S/c1-16-10-19(26)14-20(11-16)35-23-5-2-17(15-27)12-24(23)37(33,34)31-8-6-30(7-9-31)25(32)18-3-4-21-22(13-18)29-36-28-21/h2-5,10-14H,6-9H2,1H3. The molecule has 1 aliphatic heterocycles. The number of fused-ring (bicyclic) bond motifs is 1. The molecule has 1 aliphatic rings. The van der Waals surface area contributed by atoms with Crippen LogP contribution in [0.1, 0.15) is 21.5 Å². The van der Waals surface area contributed by atoms with Crippen molar-refractivity contribution in [3.8, 4) is 17.6 Å². The topological polar surface area (TPSA) is 130 Å². The minimum Gasteiger partial charge on any atom is -0.456 e. The highest BCUT2D eigenvalue weighted by atomic mass is 35.5. The van der Waals surface area contributed by atoms with E-state index < -0.39 is 10.0 Å². The van der Waals surface area contributed by atoms with Gasteiger partial charge in [0.25, 0.3) is 5.91 Å². The lowest BCUT2D eigenvalue weighted by Crippen LogP contribution is -2.50. The zero-order valence-electron chi connectivity index (χ0n) is 19.6. The number of aromatic nitrogens is 2. The van der Waals surface area contributed by atoms with E-state index in [9.17, 15) is 18.5 Å². The minimum absolute atomic E-state index is 0.0775. The molecule has 3 aromatic carbocycles. The van der Waals surface area contributed by atoms with Crippen LogP contribution in [0.2, 0.25) is 5.02 Å². The molecule has 0 atom stereocenters. The Morgan fingerprint density at radius 3 is 2.51 bits per heavy atom. The molecule has 0 unspecified atom stereocenters. The van der Waals surface area contributed by atoms with E-state index >= 15 is 0 Å². The van der Waals surface area contributed by atoms with Crippen molar-refractivity contribution in [2.75, 3.05) is 26.2 Å². The van der Waals surface area contributed by atoms with Gasteiger partial charge < -0.3 is 9.64 Å². The second-order valence-corrected chi connectivity index (χ2v) is 10.8. The molecular formula is C25H20ClN5O5S. The highest BCUT2D eigenvalue weighted by Gasteiger charge is 2.33. The van der Waals surface area contributed by atoms with Gasteiger partial charge in [-0.3, -0.25) is 4.79 Å². The van der Waals surface area contributed by atoms with Gasteiger partial charge in [0.15, 0.2) is 0 Å². The zero-order chi connectivity index (χ0) is 26.2. The van der Waals surface area contributed by atoms with Crippen LogP contribution in [-0.2, 0) is 10.0 Å². The average molecular weight is 538 g/mol. The number of amides is 1. The van der Waals surface area contributed by atoms with Crippen molar-refractivity contribution < 1.29 is 22.6 Å². The predicted molar refractivity (Wildman–Crippen MR) is 134 cm³/mol. The molecule has 0 radical (unpaired) electrons. The number of nitriles is 1. The second-order valence-electron chi connectivity index (χ2n) is 8.50. The second kappa shape index (κ2) is 9.82. The summed E-state index contributed by atoms with van der Waals surface area (Å²) in [6.07, 6.45) is 0. The van der Waals surface area contributed by atoms with Gasteiger partial charge >= 0.3 is 0 Å². The monoisotopic (exact) mass is 537 g/mol. The summed E-state index contributed by atoms with van der Waals surface area (Å²) in [7, 11) is -4.05. The summed E-state index contributed by atoms with van der Waals surface area (Å²) < 4.78 is 39.2. The van der Waals surface area contributed by atoms with Gasteiger partial charge in [-0.2, -0.15) is 9.57 Å². The Morgan fingerprint density at radius 1 is 1.03 bits per heavy atom. The van der Waals surface area contributed by atoms with Crippen LogP contribution in [0.4, 0.5) is 0 Å². The zero-order valence-corrected chi connectivity index (χ0v) is 21.2. The molecule has 0 bridgehead atoms. The lowest BCUT2D eigenvalue weighted by molar-refractivity contribution is 0.0698. The van der Waals surface area contributed by atoms with Crippen LogP contribution >= 0.6 is 11.6 Å². The summed E-state index contributed by atoms with van der Waals surface area (Å²) in [5.41, 5.74) is 2.44. The fourth-order valence-electron chi connectivity index (χ4n) is 4.12. The van der Waals surface area contributed by atoms with Crippen LogP contribution in [0.5, 0.6) is 11.5 Å². The third-order valence-corrected chi connectivity index (χ3v) is 8.10. The lowest BCUT2D eigenvalue weighted by atomic mass is 10.1. The Morgan fingerprint density at radius 2 is 1.78 bits per heavy atom. The normalized spacial score (nSPS) is 14.5. The molecule has 0 N–H and O–H groups in total. The summed E-state index contributed by atoms with van der Waals surface area (Å²) in [5.74, 6) is 0.211. The van der Waals surface area contributed by atoms with E-state index in [1.165, 1.54) is 22.5 Å². The van der Waals surface area contributed by atoms with Gasteiger partial charge in [-0.15, -0.1) is 0 Å². The maximum Gasteiger partial charge on any atom is 0.254 e. The van der Waals surface area contributed by atoms with Crippen molar-refractivity contribution in [1.29, 1.82) is 5.26 Å². The van der Waals surface area contributed by atoms with Crippen molar-refractivity contribution in [2.45, 2.75) is 11.8 Å². The first-order valence-corrected chi connectivity index (χ1v) is 13.1. The van der Waals surface area contributed by atoms with Gasteiger partial charge in [0.05, 0.1) is 11.6 Å². The third kappa shape index (κ3) is 4.99. The Bertz CT molecular complexity index is 1640. The summed E-state index contributed by atoms with van der Waals surface area (Å²) in [5, 5.41) is 17.3. The van der Waals surface area contributed by atoms with Gasteiger partial charge in [-0.05, 0) is 77.4 Å². The quantitative estimate of drug-likeness (QED) is 0.373. The number of aryl methyl sites for hydroxylation is 1. The Balaban J connectivity index is 1.37. The number of rotatable bonds is 5. The molecule has 188 valence electrons. The number of carbonyl (C=O) groups is 1. The number of benzene rings is 3. The highest BCUT2D eigenvalue weighted by molar-refractivity contribution is 7.89. The number of nitrogens with zero attached hydrogens (tertiary/aromatic N) is 5. The van der Waals surface area contributed by atoms with E-state index in [1.807, 2.05) is 13.0 Å². The first kappa shape index (κ1) is 24.7. The summed E-state index contributed by atoms with van der Waals surface area (Å²) in [6, 6.07) is 16.1. The maximum atomic E-state index is 13.6. The van der Waals surface area contributed by atoms with Gasteiger partial charge in [0, 0.05) is 36.8 Å². The molecule has 5 rings (SSSR count). The lowest BCUT2D eigenvalue weighted by Gasteiger charge is -2.34. The van der Waals surface area contributed by atoms with Crippen molar-refractivity contribution in [1.82, 2.24) is 19.5 Å². The molecule has 1 amide bonds. The van der Waals surface area contributed by atoms with Gasteiger partial charge in [0.1, 0.15) is 27.4 Å². The molecule has 0 saturated carbocycles. The summed E-state index contributed by atoms with van der Waals surface area (Å²) in [4.78, 5) is 14.5. The molecule has 1 saturated heterocycles. The minimum atomic E-state index is -4.05. The van der Waals surface area contributed by atoms with Crippen molar-refractivity contribution >= 4 is 38.6 Å². The summed E-state index contributed by atoms with van der Waals surface area (Å²) in [6.45, 7) is 2.38. The SMILES string of the molecule is Cc1cc(Cl)cc(Oc2ccc(C#N)cc2S(=O)(=O)N2CCN(C(=O)c3ccc4nonc4c3)CC2)c1. The van der Waals surface area contributed by atoms with Crippen LogP contribution < -0.4 is 4.74 Å². The molecular weight excluding hydrogens is 518 g/mol. The number of piperazine rings is 1. The number of ether oxygens (including phenoxy) is 1. The fraction of sp³-hybridized carbons (Fsp3) is 0.200. The smallest absolute Gasteiger partial charge is 0.254 e. The predicted octanol–water partition coefficient (Wildman–Crippen LogP) is 4.00. The maximum absolute atomic E-state index is 13.6. The first-order valence-electron chi connectivity index (χ1n) is 11.3. The molecule has 2 heterocycles. The van der Waals surface area contributed by atoms with E-state index in [-0.39, 0.29) is 48.3 Å². The molecule has 37 heavy (non-hydrogen) atoms. The van der Waals surface area contributed by atoms with Crippen molar-refractivity contribution in [3.63, 3.8) is 0 Å². The number of hydrogen-bond acceptors (Lipinski definition) is 8. The highest BCUT2D eigenvalue weighted by Crippen LogP contribution is 2.33. The number of sulfonamides is 1. The van der Waals surface area contributed by atoms with Crippen LogP contribution in [0.25, 0.3) is 11.0 Å². The Kier molecular flexibility index (Phi) is 6.55. The molecule has 0 spiro atoms. The van der Waals surface area contributed by atoms with E-state index in [1.54, 1.807) is 41.3 Å². The van der Waals surface area contributed by atoms with Gasteiger partial charge in [-0.25, -0.2) is 13.0 Å². The molecule has 4 aromatic rings. The molecule has 1 aromatic heterocycles. The van der Waals surface area contributed by atoms with Crippen LogP contribution in [-0.4, -0.2) is 60.0 Å². The van der Waals surface area contributed by atoms with Crippen molar-refractivity contribution in [2.24, 2.45) is 0 Å². The molecule has 12 heteroatoms. The van der Waals surface area contributed by atoms with Crippen molar-refractivity contribution in [3.05, 3.63) is 76.3 Å². The largest absolute Gasteiger partial charge is 0.456 e. The molecule has 0 aliphatic carbocycles. The van der Waals surface area contributed by atoms with Crippen LogP contribution in [0.15, 0.2) is 64.1 Å². The van der Waals surface area contributed by atoms with E-state index in [0.717, 1.165) is 5.56 Å². The van der Waals surface area contributed by atoms with E-state index in [0.29, 0.717) is 27.4 Å². The van der Waals surface area contributed by atoms with Gasteiger partial charge in [-0.1, -0.05) is 11.6 Å². The number of carbonyl (C=O) groups excluding carboxylic acids is 1. The third-order valence-electron chi connectivity index (χ3n) is 5.96. The average Bonchev–Trinajstić information content (AvgIpc) is 3.36. The fourth-order valence-corrected chi connectivity index (χ4v) is 5.96. The van der Waals surface area contributed by atoms with Gasteiger partial charge in [0.2, 0.25) is 10.0 Å². The number of hydrogen-bond donors (Lipinski definition) is 0. The Labute approximate surface area is 217 Å². The molecule has 10 nitrogen and oxygen atoms in total. The van der Waals surface area contributed by atoms with Crippen LogP contribution in [0.3, 0.4) is 0 Å². The Hall–Kier alpha value is -3.98.